The van der Waals surface area contributed by atoms with E-state index < -0.39 is 0 Å². The van der Waals surface area contributed by atoms with E-state index in [0.29, 0.717) is 17.5 Å². The lowest BCUT2D eigenvalue weighted by molar-refractivity contribution is 0.0936. The third kappa shape index (κ3) is 3.25. The molecule has 4 rings (SSSR count). The largest absolute Gasteiger partial charge is 0.349 e. The molecule has 25 heavy (non-hydrogen) atoms. The summed E-state index contributed by atoms with van der Waals surface area (Å²) in [6.07, 6.45) is 4.06. The molecule has 0 aliphatic heterocycles. The van der Waals surface area contributed by atoms with Crippen molar-refractivity contribution >= 4 is 16.9 Å². The normalized spacial score (nSPS) is 12.2. The molecule has 0 radical (unpaired) electrons. The first-order valence-electron chi connectivity index (χ1n) is 7.94. The van der Waals surface area contributed by atoms with Gasteiger partial charge in [-0.3, -0.25) is 4.79 Å². The van der Waals surface area contributed by atoms with Crippen molar-refractivity contribution in [1.82, 2.24) is 30.7 Å². The molecule has 0 aliphatic carbocycles. The van der Waals surface area contributed by atoms with Crippen molar-refractivity contribution in [2.75, 3.05) is 0 Å². The van der Waals surface area contributed by atoms with E-state index in [9.17, 15) is 4.79 Å². The zero-order valence-electron chi connectivity index (χ0n) is 13.3. The predicted molar refractivity (Wildman–Crippen MR) is 92.8 cm³/mol. The lowest BCUT2D eigenvalue weighted by atomic mass is 10.0. The summed E-state index contributed by atoms with van der Waals surface area (Å²) < 4.78 is 0. The molecule has 7 nitrogen and oxygen atoms in total. The molecular weight excluding hydrogens is 316 g/mol. The molecule has 3 N–H and O–H groups in total. The lowest BCUT2D eigenvalue weighted by Crippen LogP contribution is -2.30. The summed E-state index contributed by atoms with van der Waals surface area (Å²) in [7, 11) is 0. The molecule has 2 aromatic heterocycles. The first kappa shape index (κ1) is 15.1. The number of benzene rings is 2. The zero-order valence-corrected chi connectivity index (χ0v) is 13.3. The monoisotopic (exact) mass is 332 g/mol. The van der Waals surface area contributed by atoms with Crippen molar-refractivity contribution < 1.29 is 4.79 Å². The summed E-state index contributed by atoms with van der Waals surface area (Å²) in [6.45, 7) is 0. The van der Waals surface area contributed by atoms with Crippen LogP contribution in [0.1, 0.15) is 27.8 Å². The van der Waals surface area contributed by atoms with Crippen molar-refractivity contribution in [3.63, 3.8) is 0 Å². The number of hydrogen-bond donors (Lipinski definition) is 3. The van der Waals surface area contributed by atoms with Crippen molar-refractivity contribution in [1.29, 1.82) is 0 Å². The molecule has 0 spiro atoms. The summed E-state index contributed by atoms with van der Waals surface area (Å²) in [5.41, 5.74) is 2.96. The van der Waals surface area contributed by atoms with Crippen LogP contribution >= 0.6 is 0 Å². The van der Waals surface area contributed by atoms with Gasteiger partial charge in [-0.05, 0) is 23.8 Å². The number of carbonyl (C=O) groups excluding carboxylic acids is 1. The van der Waals surface area contributed by atoms with Gasteiger partial charge in [0.25, 0.3) is 5.91 Å². The van der Waals surface area contributed by atoms with Crippen LogP contribution in [0.3, 0.4) is 0 Å². The summed E-state index contributed by atoms with van der Waals surface area (Å²) in [4.78, 5) is 20.1. The maximum Gasteiger partial charge on any atom is 0.251 e. The Labute approximate surface area is 143 Å². The fourth-order valence-electron chi connectivity index (χ4n) is 2.76. The molecule has 0 fully saturated rings. The number of nitrogens with zero attached hydrogens (tertiary/aromatic N) is 3. The van der Waals surface area contributed by atoms with Gasteiger partial charge >= 0.3 is 0 Å². The van der Waals surface area contributed by atoms with Crippen molar-refractivity contribution in [3.8, 4) is 0 Å². The van der Waals surface area contributed by atoms with Crippen molar-refractivity contribution in [2.24, 2.45) is 0 Å². The lowest BCUT2D eigenvalue weighted by Gasteiger charge is -2.18. The van der Waals surface area contributed by atoms with Crippen molar-refractivity contribution in [3.05, 3.63) is 77.9 Å². The molecule has 4 aromatic rings. The SMILES string of the molecule is O=C(N[C@@H](Cc1ncc[nH]1)c1ccccc1)c1ccc2n[nH]nc2c1. The minimum atomic E-state index is -0.187. The van der Waals surface area contributed by atoms with E-state index in [1.807, 2.05) is 30.3 Å². The predicted octanol–water partition coefficient (Wildman–Crippen LogP) is 2.39. The third-order valence-corrected chi connectivity index (χ3v) is 4.04. The highest BCUT2D eigenvalue weighted by atomic mass is 16.1. The van der Waals surface area contributed by atoms with E-state index in [-0.39, 0.29) is 11.9 Å². The van der Waals surface area contributed by atoms with E-state index in [1.165, 1.54) is 0 Å². The van der Waals surface area contributed by atoms with Gasteiger partial charge in [-0.15, -0.1) is 0 Å². The number of nitrogens with one attached hydrogen (secondary N) is 3. The Bertz CT molecular complexity index is 977. The minimum Gasteiger partial charge on any atom is -0.349 e. The Morgan fingerprint density at radius 2 is 1.92 bits per heavy atom. The summed E-state index contributed by atoms with van der Waals surface area (Å²) in [6, 6.07) is 14.9. The molecule has 124 valence electrons. The van der Waals surface area contributed by atoms with E-state index in [1.54, 1.807) is 30.6 Å². The topological polar surface area (TPSA) is 99.4 Å². The van der Waals surface area contributed by atoms with Crippen LogP contribution in [0.15, 0.2) is 60.9 Å². The van der Waals surface area contributed by atoms with Crippen LogP contribution in [0.5, 0.6) is 0 Å². The first-order chi connectivity index (χ1) is 12.3. The van der Waals surface area contributed by atoms with Crippen LogP contribution in [-0.2, 0) is 6.42 Å². The molecule has 0 unspecified atom stereocenters. The molecular formula is C18H16N6O. The highest BCUT2D eigenvalue weighted by Crippen LogP contribution is 2.18. The van der Waals surface area contributed by atoms with Crippen LogP contribution in [0.2, 0.25) is 0 Å². The average Bonchev–Trinajstić information content (AvgIpc) is 3.32. The smallest absolute Gasteiger partial charge is 0.251 e. The molecule has 2 aromatic carbocycles. The number of aromatic nitrogens is 5. The molecule has 0 bridgehead atoms. The Kier molecular flexibility index (Phi) is 3.96. The Balaban J connectivity index is 1.59. The number of H-pyrrole nitrogens is 2. The number of hydrogen-bond acceptors (Lipinski definition) is 4. The second kappa shape index (κ2) is 6.56. The van der Waals surface area contributed by atoms with Gasteiger partial charge in [-0.25, -0.2) is 4.98 Å². The molecule has 0 saturated carbocycles. The highest BCUT2D eigenvalue weighted by Gasteiger charge is 2.18. The number of aromatic amines is 2. The van der Waals surface area contributed by atoms with Crippen LogP contribution < -0.4 is 5.32 Å². The maximum absolute atomic E-state index is 12.7. The quantitative estimate of drug-likeness (QED) is 0.522. The Hall–Kier alpha value is -3.48. The molecule has 7 heteroatoms. The average molecular weight is 332 g/mol. The van der Waals surface area contributed by atoms with Crippen molar-refractivity contribution in [2.45, 2.75) is 12.5 Å². The first-order valence-corrected chi connectivity index (χ1v) is 7.94. The minimum absolute atomic E-state index is 0.162. The fourth-order valence-corrected chi connectivity index (χ4v) is 2.76. The van der Waals surface area contributed by atoms with E-state index in [4.69, 9.17) is 0 Å². The maximum atomic E-state index is 12.7. The van der Waals surface area contributed by atoms with Crippen LogP contribution in [0.4, 0.5) is 0 Å². The van der Waals surface area contributed by atoms with E-state index in [0.717, 1.165) is 16.9 Å². The van der Waals surface area contributed by atoms with Gasteiger partial charge in [-0.1, -0.05) is 30.3 Å². The summed E-state index contributed by atoms with van der Waals surface area (Å²) in [5.74, 6) is 0.659. The van der Waals surface area contributed by atoms with E-state index >= 15 is 0 Å². The van der Waals surface area contributed by atoms with Crippen LogP contribution in [0, 0.1) is 0 Å². The van der Waals surface area contributed by atoms with Gasteiger partial charge in [0, 0.05) is 24.4 Å². The Morgan fingerprint density at radius 1 is 1.08 bits per heavy atom. The highest BCUT2D eigenvalue weighted by molar-refractivity contribution is 5.97. The summed E-state index contributed by atoms with van der Waals surface area (Å²) in [5, 5.41) is 13.7. The number of imidazole rings is 1. The van der Waals surface area contributed by atoms with Gasteiger partial charge in [0.1, 0.15) is 16.9 Å². The summed E-state index contributed by atoms with van der Waals surface area (Å²) >= 11 is 0. The second-order valence-electron chi connectivity index (χ2n) is 5.70. The van der Waals surface area contributed by atoms with Crippen LogP contribution in [0.25, 0.3) is 11.0 Å². The van der Waals surface area contributed by atoms with Gasteiger partial charge in [0.15, 0.2) is 0 Å². The molecule has 0 aliphatic rings. The van der Waals surface area contributed by atoms with Gasteiger partial charge in [0.2, 0.25) is 0 Å². The second-order valence-corrected chi connectivity index (χ2v) is 5.70. The Morgan fingerprint density at radius 3 is 2.72 bits per heavy atom. The number of fused-ring (bicyclic) bond motifs is 1. The standard InChI is InChI=1S/C18H16N6O/c25-18(13-6-7-14-16(10-13)23-24-22-14)21-15(11-17-19-8-9-20-17)12-4-2-1-3-5-12/h1-10,15H,11H2,(H,19,20)(H,21,25)(H,22,23,24)/t15-/m0/s1. The number of amides is 1. The number of rotatable bonds is 5. The molecule has 0 saturated heterocycles. The molecule has 2 heterocycles. The molecule has 1 amide bonds. The third-order valence-electron chi connectivity index (χ3n) is 4.04. The molecule has 1 atom stereocenters. The van der Waals surface area contributed by atoms with Gasteiger partial charge in [-0.2, -0.15) is 15.4 Å². The van der Waals surface area contributed by atoms with Gasteiger partial charge < -0.3 is 10.3 Å². The number of carbonyl (C=O) groups is 1. The van der Waals surface area contributed by atoms with E-state index in [2.05, 4.69) is 30.7 Å². The fraction of sp³-hybridized carbons (Fsp3) is 0.111. The van der Waals surface area contributed by atoms with Crippen LogP contribution in [-0.4, -0.2) is 31.3 Å². The van der Waals surface area contributed by atoms with Gasteiger partial charge in [0.05, 0.1) is 6.04 Å². The zero-order chi connectivity index (χ0) is 17.1.